The van der Waals surface area contributed by atoms with Crippen LogP contribution in [0.5, 0.6) is 0 Å². The normalized spacial score (nSPS) is 22.1. The van der Waals surface area contributed by atoms with Gasteiger partial charge in [0.1, 0.15) is 17.9 Å². The van der Waals surface area contributed by atoms with Crippen LogP contribution >= 0.6 is 0 Å². The highest BCUT2D eigenvalue weighted by molar-refractivity contribution is 5.84. The van der Waals surface area contributed by atoms with Crippen molar-refractivity contribution in [3.8, 4) is 0 Å². The number of hydrogen-bond donors (Lipinski definition) is 1. The summed E-state index contributed by atoms with van der Waals surface area (Å²) < 4.78 is 5.07. The smallest absolute Gasteiger partial charge is 0.136 e. The minimum atomic E-state index is -0.678. The highest BCUT2D eigenvalue weighted by Gasteiger charge is 2.29. The van der Waals surface area contributed by atoms with E-state index >= 15 is 0 Å². The number of rotatable bonds is 2. The van der Waals surface area contributed by atoms with Gasteiger partial charge in [-0.1, -0.05) is 24.3 Å². The van der Waals surface area contributed by atoms with Gasteiger partial charge in [-0.05, 0) is 30.5 Å². The largest absolute Gasteiger partial charge is 0.499 e. The number of hydrogen-bond acceptors (Lipinski definition) is 3. The van der Waals surface area contributed by atoms with E-state index in [2.05, 4.69) is 17.6 Å². The Hall–Kier alpha value is -1.61. The number of ether oxygens (including phenoxy) is 1. The summed E-state index contributed by atoms with van der Waals surface area (Å²) in [6.07, 6.45) is 1.11. The molecule has 1 aliphatic rings. The first-order valence-electron chi connectivity index (χ1n) is 5.59. The van der Waals surface area contributed by atoms with Crippen LogP contribution in [0.4, 0.5) is 0 Å². The molecule has 0 aliphatic carbocycles. The Labute approximate surface area is 101 Å². The zero-order valence-electron chi connectivity index (χ0n) is 10.4. The summed E-state index contributed by atoms with van der Waals surface area (Å²) in [5, 5.41) is 10.3. The van der Waals surface area contributed by atoms with Gasteiger partial charge in [0.25, 0.3) is 0 Å². The van der Waals surface area contributed by atoms with Crippen molar-refractivity contribution < 1.29 is 9.84 Å². The van der Waals surface area contributed by atoms with Crippen LogP contribution in [-0.4, -0.2) is 24.5 Å². The fourth-order valence-electron chi connectivity index (χ4n) is 2.30. The lowest BCUT2D eigenvalue weighted by Gasteiger charge is -2.27. The van der Waals surface area contributed by atoms with E-state index in [1.807, 2.05) is 19.9 Å². The second-order valence-electron chi connectivity index (χ2n) is 4.42. The number of aliphatic hydroxyl groups excluding tert-OH is 1. The first kappa shape index (κ1) is 11.9. The number of methoxy groups -OCH3 is 1. The molecule has 2 rings (SSSR count). The predicted molar refractivity (Wildman–Crippen MR) is 68.4 cm³/mol. The molecule has 0 saturated heterocycles. The van der Waals surface area contributed by atoms with Gasteiger partial charge in [0.2, 0.25) is 0 Å². The third kappa shape index (κ3) is 1.98. The standard InChI is InChI=1S/C14H17NO2/c1-8-5-9(2)12-11(6-8)7-15-13(14(12)16)10(3)17-4/h5-7,13-14,16H,3H2,1-2,4H3/t13?,14-/m1/s1. The number of aliphatic hydroxyl groups is 1. The molecule has 1 aromatic carbocycles. The van der Waals surface area contributed by atoms with E-state index in [0.717, 1.165) is 16.7 Å². The Bertz CT molecular complexity index is 491. The lowest BCUT2D eigenvalue weighted by molar-refractivity contribution is 0.126. The molecule has 0 spiro atoms. The van der Waals surface area contributed by atoms with Crippen LogP contribution in [0, 0.1) is 13.8 Å². The summed E-state index contributed by atoms with van der Waals surface area (Å²) in [7, 11) is 1.54. The molecule has 0 fully saturated rings. The lowest BCUT2D eigenvalue weighted by atomic mass is 9.89. The SMILES string of the molecule is C=C(OC)C1N=Cc2cc(C)cc(C)c2[C@H]1O. The van der Waals surface area contributed by atoms with Crippen LogP contribution in [0.3, 0.4) is 0 Å². The molecule has 3 nitrogen and oxygen atoms in total. The molecule has 1 aromatic rings. The van der Waals surface area contributed by atoms with Gasteiger partial charge in [-0.2, -0.15) is 0 Å². The van der Waals surface area contributed by atoms with E-state index in [9.17, 15) is 5.11 Å². The maximum absolute atomic E-state index is 10.3. The lowest BCUT2D eigenvalue weighted by Crippen LogP contribution is -2.25. The van der Waals surface area contributed by atoms with Gasteiger partial charge < -0.3 is 9.84 Å². The minimum absolute atomic E-state index is 0.408. The van der Waals surface area contributed by atoms with Crippen molar-refractivity contribution in [3.05, 3.63) is 46.7 Å². The van der Waals surface area contributed by atoms with E-state index in [0.29, 0.717) is 5.76 Å². The van der Waals surface area contributed by atoms with Gasteiger partial charge in [-0.25, -0.2) is 0 Å². The molecule has 3 heteroatoms. The number of nitrogens with zero attached hydrogens (tertiary/aromatic N) is 1. The molecule has 0 radical (unpaired) electrons. The third-order valence-corrected chi connectivity index (χ3v) is 3.12. The number of benzene rings is 1. The maximum Gasteiger partial charge on any atom is 0.136 e. The zero-order chi connectivity index (χ0) is 12.6. The Morgan fingerprint density at radius 3 is 2.76 bits per heavy atom. The number of aryl methyl sites for hydroxylation is 2. The van der Waals surface area contributed by atoms with Gasteiger partial charge in [-0.15, -0.1) is 0 Å². The van der Waals surface area contributed by atoms with E-state index in [1.54, 1.807) is 13.3 Å². The van der Waals surface area contributed by atoms with Crippen LogP contribution in [0.2, 0.25) is 0 Å². The molecule has 0 bridgehead atoms. The Morgan fingerprint density at radius 2 is 2.12 bits per heavy atom. The highest BCUT2D eigenvalue weighted by atomic mass is 16.5. The molecule has 0 aromatic heterocycles. The van der Waals surface area contributed by atoms with Crippen LogP contribution in [0.15, 0.2) is 29.5 Å². The first-order chi connectivity index (χ1) is 8.04. The maximum atomic E-state index is 10.3. The van der Waals surface area contributed by atoms with Crippen molar-refractivity contribution in [2.45, 2.75) is 26.0 Å². The fraction of sp³-hybridized carbons (Fsp3) is 0.357. The van der Waals surface area contributed by atoms with E-state index < -0.39 is 12.1 Å². The van der Waals surface area contributed by atoms with Crippen molar-refractivity contribution >= 4 is 6.21 Å². The average molecular weight is 231 g/mol. The van der Waals surface area contributed by atoms with Gasteiger partial charge in [-0.3, -0.25) is 4.99 Å². The molecule has 2 atom stereocenters. The van der Waals surface area contributed by atoms with Gasteiger partial charge in [0.05, 0.1) is 7.11 Å². The summed E-state index contributed by atoms with van der Waals surface area (Å²) in [6.45, 7) is 7.81. The minimum Gasteiger partial charge on any atom is -0.499 e. The Kier molecular flexibility index (Phi) is 3.03. The predicted octanol–water partition coefficient (Wildman–Crippen LogP) is 2.30. The molecular formula is C14H17NO2. The van der Waals surface area contributed by atoms with Crippen LogP contribution in [0.25, 0.3) is 0 Å². The van der Waals surface area contributed by atoms with E-state index in [-0.39, 0.29) is 0 Å². The molecule has 1 heterocycles. The topological polar surface area (TPSA) is 41.8 Å². The fourth-order valence-corrected chi connectivity index (χ4v) is 2.30. The average Bonchev–Trinajstić information content (AvgIpc) is 2.27. The van der Waals surface area contributed by atoms with Gasteiger partial charge in [0.15, 0.2) is 0 Å². The summed E-state index contributed by atoms with van der Waals surface area (Å²) in [6, 6.07) is 3.68. The molecule has 1 N–H and O–H groups in total. The van der Waals surface area contributed by atoms with Gasteiger partial charge >= 0.3 is 0 Å². The van der Waals surface area contributed by atoms with Gasteiger partial charge in [0, 0.05) is 6.21 Å². The van der Waals surface area contributed by atoms with E-state index in [1.165, 1.54) is 5.56 Å². The summed E-state index contributed by atoms with van der Waals surface area (Å²) in [5.74, 6) is 0.486. The number of aliphatic imine (C=N–C) groups is 1. The quantitative estimate of drug-likeness (QED) is 0.793. The van der Waals surface area contributed by atoms with Crippen molar-refractivity contribution in [1.82, 2.24) is 0 Å². The van der Waals surface area contributed by atoms with Crippen LogP contribution in [0.1, 0.15) is 28.4 Å². The molecular weight excluding hydrogens is 214 g/mol. The molecule has 90 valence electrons. The summed E-state index contributed by atoms with van der Waals surface area (Å²) >= 11 is 0. The van der Waals surface area contributed by atoms with Crippen molar-refractivity contribution in [1.29, 1.82) is 0 Å². The van der Waals surface area contributed by atoms with Crippen molar-refractivity contribution in [2.24, 2.45) is 4.99 Å². The van der Waals surface area contributed by atoms with Crippen molar-refractivity contribution in [2.75, 3.05) is 7.11 Å². The summed E-state index contributed by atoms with van der Waals surface area (Å²) in [4.78, 5) is 4.31. The highest BCUT2D eigenvalue weighted by Crippen LogP contribution is 2.32. The van der Waals surface area contributed by atoms with Crippen molar-refractivity contribution in [3.63, 3.8) is 0 Å². The van der Waals surface area contributed by atoms with Crippen LogP contribution < -0.4 is 0 Å². The first-order valence-corrected chi connectivity index (χ1v) is 5.59. The Morgan fingerprint density at radius 1 is 1.41 bits per heavy atom. The summed E-state index contributed by atoms with van der Waals surface area (Å²) in [5.41, 5.74) is 4.15. The Balaban J connectivity index is 2.48. The zero-order valence-corrected chi connectivity index (χ0v) is 10.4. The molecule has 0 saturated carbocycles. The molecule has 1 unspecified atom stereocenters. The second kappa shape index (κ2) is 4.34. The van der Waals surface area contributed by atoms with E-state index in [4.69, 9.17) is 4.74 Å². The van der Waals surface area contributed by atoms with Crippen LogP contribution in [-0.2, 0) is 4.74 Å². The number of fused-ring (bicyclic) bond motifs is 1. The molecule has 0 amide bonds. The second-order valence-corrected chi connectivity index (χ2v) is 4.42. The monoisotopic (exact) mass is 231 g/mol. The molecule has 1 aliphatic heterocycles. The third-order valence-electron chi connectivity index (χ3n) is 3.12. The molecule has 17 heavy (non-hydrogen) atoms.